The normalized spacial score (nSPS) is 16.4. The monoisotopic (exact) mass is 338 g/mol. The smallest absolute Gasteiger partial charge is 0.273 e. The molecule has 1 N–H and O–H groups in total. The molecule has 1 fully saturated rings. The Bertz CT molecular complexity index is 922. The number of nitrogens with one attached hydrogen (secondary N) is 1. The molecule has 4 rings (SSSR count). The number of likely N-dealkylation sites (tertiary alicyclic amines) is 1. The predicted octanol–water partition coefficient (Wildman–Crippen LogP) is 2.30. The zero-order valence-electron chi connectivity index (χ0n) is 14.3. The Morgan fingerprint density at radius 3 is 2.96 bits per heavy atom. The minimum absolute atomic E-state index is 0.0139. The first-order chi connectivity index (χ1) is 12.2. The van der Waals surface area contributed by atoms with Crippen LogP contribution in [-0.4, -0.2) is 38.6 Å². The maximum Gasteiger partial charge on any atom is 0.273 e. The number of nitrogens with zero attached hydrogens (tertiary/aromatic N) is 3. The minimum Gasteiger partial charge on any atom is -0.490 e. The molecule has 0 unspecified atom stereocenters. The van der Waals surface area contributed by atoms with Crippen LogP contribution in [0.15, 0.2) is 47.7 Å². The van der Waals surface area contributed by atoms with Gasteiger partial charge in [0.2, 0.25) is 0 Å². The van der Waals surface area contributed by atoms with Gasteiger partial charge in [0.05, 0.1) is 0 Å². The number of benzene rings is 1. The summed E-state index contributed by atoms with van der Waals surface area (Å²) >= 11 is 0. The largest absolute Gasteiger partial charge is 0.490 e. The van der Waals surface area contributed by atoms with E-state index in [1.165, 1.54) is 0 Å². The second kappa shape index (κ2) is 6.72. The molecule has 6 nitrogen and oxygen atoms in total. The lowest BCUT2D eigenvalue weighted by Gasteiger charge is -2.31. The van der Waals surface area contributed by atoms with Crippen LogP contribution in [0.1, 0.15) is 18.5 Å². The van der Waals surface area contributed by atoms with Gasteiger partial charge in [0.1, 0.15) is 17.5 Å². The second-order valence-corrected chi connectivity index (χ2v) is 6.58. The van der Waals surface area contributed by atoms with Gasteiger partial charge in [-0.15, -0.1) is 0 Å². The molecular formula is C19H22N4O2. The van der Waals surface area contributed by atoms with Crippen molar-refractivity contribution in [3.8, 4) is 5.75 Å². The van der Waals surface area contributed by atoms with Gasteiger partial charge < -0.3 is 14.3 Å². The topological polar surface area (TPSA) is 63.1 Å². The third-order valence-electron chi connectivity index (χ3n) is 4.84. The van der Waals surface area contributed by atoms with E-state index >= 15 is 0 Å². The predicted molar refractivity (Wildman–Crippen MR) is 96.7 cm³/mol. The van der Waals surface area contributed by atoms with Crippen LogP contribution in [-0.2, 0) is 13.6 Å². The Hall–Kier alpha value is -2.60. The molecule has 0 saturated carbocycles. The van der Waals surface area contributed by atoms with Crippen LogP contribution in [0.5, 0.6) is 5.75 Å². The Morgan fingerprint density at radius 2 is 2.12 bits per heavy atom. The molecule has 0 atom stereocenters. The highest BCUT2D eigenvalue weighted by Gasteiger charge is 2.22. The lowest BCUT2D eigenvalue weighted by atomic mass is 10.1. The van der Waals surface area contributed by atoms with E-state index in [0.717, 1.165) is 42.6 Å². The second-order valence-electron chi connectivity index (χ2n) is 6.58. The summed E-state index contributed by atoms with van der Waals surface area (Å²) < 4.78 is 7.82. The number of aromatic nitrogens is 3. The average Bonchev–Trinajstić information content (AvgIpc) is 3.10. The van der Waals surface area contributed by atoms with Gasteiger partial charge in [0.25, 0.3) is 5.56 Å². The van der Waals surface area contributed by atoms with E-state index in [1.54, 1.807) is 24.0 Å². The average molecular weight is 338 g/mol. The van der Waals surface area contributed by atoms with Crippen molar-refractivity contribution in [3.63, 3.8) is 0 Å². The van der Waals surface area contributed by atoms with Crippen LogP contribution in [0.2, 0.25) is 0 Å². The quantitative estimate of drug-likeness (QED) is 0.793. The van der Waals surface area contributed by atoms with Gasteiger partial charge in [-0.05, 0) is 31.0 Å². The van der Waals surface area contributed by atoms with Gasteiger partial charge in [-0.1, -0.05) is 6.07 Å². The van der Waals surface area contributed by atoms with E-state index in [4.69, 9.17) is 4.74 Å². The van der Waals surface area contributed by atoms with Gasteiger partial charge in [-0.3, -0.25) is 14.7 Å². The fraction of sp³-hybridized carbons (Fsp3) is 0.368. The number of aryl methyl sites for hydroxylation is 1. The SMILES string of the molecule is Cn1ccnc(CN2CCC(Oc3cccc4[nH]ccc34)CC2)c1=O. The molecule has 2 aromatic heterocycles. The van der Waals surface area contributed by atoms with E-state index < -0.39 is 0 Å². The maximum atomic E-state index is 12.1. The fourth-order valence-electron chi connectivity index (χ4n) is 3.39. The van der Waals surface area contributed by atoms with Crippen LogP contribution in [0, 0.1) is 0 Å². The first-order valence-electron chi connectivity index (χ1n) is 8.66. The van der Waals surface area contributed by atoms with E-state index in [9.17, 15) is 4.79 Å². The molecule has 1 saturated heterocycles. The molecule has 3 aromatic rings. The molecule has 1 aliphatic heterocycles. The highest BCUT2D eigenvalue weighted by Crippen LogP contribution is 2.27. The third kappa shape index (κ3) is 3.30. The molecular weight excluding hydrogens is 316 g/mol. The standard InChI is InChI=1S/C19H22N4O2/c1-22-12-9-21-17(19(22)24)13-23-10-6-14(7-11-23)25-18-4-2-3-16-15(18)5-8-20-16/h2-5,8-9,12,14,20H,6-7,10-11,13H2,1H3. The summed E-state index contributed by atoms with van der Waals surface area (Å²) in [6.45, 7) is 2.43. The Morgan fingerprint density at radius 1 is 1.28 bits per heavy atom. The van der Waals surface area contributed by atoms with E-state index in [1.807, 2.05) is 18.3 Å². The van der Waals surface area contributed by atoms with E-state index in [-0.39, 0.29) is 11.7 Å². The van der Waals surface area contributed by atoms with E-state index in [0.29, 0.717) is 12.2 Å². The van der Waals surface area contributed by atoms with Crippen molar-refractivity contribution in [1.29, 1.82) is 0 Å². The number of aromatic amines is 1. The number of H-pyrrole nitrogens is 1. The third-order valence-corrected chi connectivity index (χ3v) is 4.84. The molecule has 0 aliphatic carbocycles. The van der Waals surface area contributed by atoms with Gasteiger partial charge >= 0.3 is 0 Å². The lowest BCUT2D eigenvalue weighted by molar-refractivity contribution is 0.0969. The van der Waals surface area contributed by atoms with Crippen molar-refractivity contribution in [2.45, 2.75) is 25.5 Å². The molecule has 3 heterocycles. The summed E-state index contributed by atoms with van der Waals surface area (Å²) in [5.41, 5.74) is 1.70. The highest BCUT2D eigenvalue weighted by atomic mass is 16.5. The first-order valence-corrected chi connectivity index (χ1v) is 8.66. The molecule has 25 heavy (non-hydrogen) atoms. The van der Waals surface area contributed by atoms with Gasteiger partial charge in [0.15, 0.2) is 0 Å². The van der Waals surface area contributed by atoms with Crippen molar-refractivity contribution >= 4 is 10.9 Å². The Labute approximate surface area is 146 Å². The van der Waals surface area contributed by atoms with Crippen LogP contribution >= 0.6 is 0 Å². The van der Waals surface area contributed by atoms with Crippen LogP contribution < -0.4 is 10.3 Å². The maximum absolute atomic E-state index is 12.1. The fourth-order valence-corrected chi connectivity index (χ4v) is 3.39. The van der Waals surface area contributed by atoms with Crippen LogP contribution in [0.3, 0.4) is 0 Å². The minimum atomic E-state index is -0.0139. The van der Waals surface area contributed by atoms with Crippen molar-refractivity contribution in [2.75, 3.05) is 13.1 Å². The lowest BCUT2D eigenvalue weighted by Crippen LogP contribution is -2.39. The van der Waals surface area contributed by atoms with Crippen LogP contribution in [0.25, 0.3) is 10.9 Å². The molecule has 0 radical (unpaired) electrons. The molecule has 130 valence electrons. The summed E-state index contributed by atoms with van der Waals surface area (Å²) in [5, 5.41) is 1.13. The molecule has 0 amide bonds. The summed E-state index contributed by atoms with van der Waals surface area (Å²) in [4.78, 5) is 21.8. The summed E-state index contributed by atoms with van der Waals surface area (Å²) in [6, 6.07) is 8.15. The number of ether oxygens (including phenoxy) is 1. The van der Waals surface area contributed by atoms with Crippen LogP contribution in [0.4, 0.5) is 0 Å². The number of hydrogen-bond acceptors (Lipinski definition) is 4. The van der Waals surface area contributed by atoms with Crippen molar-refractivity contribution in [2.24, 2.45) is 7.05 Å². The van der Waals surface area contributed by atoms with Gasteiger partial charge in [-0.2, -0.15) is 0 Å². The number of hydrogen-bond donors (Lipinski definition) is 1. The van der Waals surface area contributed by atoms with Gasteiger partial charge in [0, 0.05) is 56.2 Å². The van der Waals surface area contributed by atoms with Crippen molar-refractivity contribution in [1.82, 2.24) is 19.4 Å². The Kier molecular flexibility index (Phi) is 4.28. The van der Waals surface area contributed by atoms with Gasteiger partial charge in [-0.25, -0.2) is 0 Å². The zero-order valence-corrected chi connectivity index (χ0v) is 14.3. The number of fused-ring (bicyclic) bond motifs is 1. The zero-order chi connectivity index (χ0) is 17.2. The molecule has 1 aromatic carbocycles. The molecule has 0 spiro atoms. The molecule has 0 bridgehead atoms. The molecule has 1 aliphatic rings. The Balaban J connectivity index is 1.38. The van der Waals surface area contributed by atoms with Crippen molar-refractivity contribution < 1.29 is 4.74 Å². The summed E-state index contributed by atoms with van der Waals surface area (Å²) in [5.74, 6) is 0.941. The van der Waals surface area contributed by atoms with Crippen molar-refractivity contribution in [3.05, 3.63) is 58.9 Å². The summed E-state index contributed by atoms with van der Waals surface area (Å²) in [6.07, 6.45) is 7.43. The highest BCUT2D eigenvalue weighted by molar-refractivity contribution is 5.85. The number of rotatable bonds is 4. The first kappa shape index (κ1) is 15.9. The number of piperidine rings is 1. The molecule has 6 heteroatoms. The van der Waals surface area contributed by atoms with E-state index in [2.05, 4.69) is 27.0 Å². The summed E-state index contributed by atoms with van der Waals surface area (Å²) in [7, 11) is 1.76.